The van der Waals surface area contributed by atoms with E-state index in [2.05, 4.69) is 32.6 Å². The van der Waals surface area contributed by atoms with Crippen molar-refractivity contribution in [3.8, 4) is 11.1 Å². The third kappa shape index (κ3) is 5.23. The van der Waals surface area contributed by atoms with E-state index >= 15 is 0 Å². The van der Waals surface area contributed by atoms with E-state index in [4.69, 9.17) is 4.98 Å². The predicted molar refractivity (Wildman–Crippen MR) is 151 cm³/mol. The van der Waals surface area contributed by atoms with E-state index in [9.17, 15) is 14.4 Å². The Morgan fingerprint density at radius 3 is 2.51 bits per heavy atom. The summed E-state index contributed by atoms with van der Waals surface area (Å²) in [5, 5.41) is 5.82. The number of imidazole rings is 1. The van der Waals surface area contributed by atoms with E-state index in [0.29, 0.717) is 11.9 Å². The number of anilines is 1. The number of fused-ring (bicyclic) bond motifs is 1. The van der Waals surface area contributed by atoms with Gasteiger partial charge >= 0.3 is 5.69 Å². The number of aryl methyl sites for hydroxylation is 1. The number of carbonyl (C=O) groups is 2. The number of benzene rings is 1. The fraction of sp³-hybridized carbons (Fsp3) is 0.517. The van der Waals surface area contributed by atoms with Crippen LogP contribution in [0.5, 0.6) is 0 Å². The zero-order valence-corrected chi connectivity index (χ0v) is 22.6. The second-order valence-electron chi connectivity index (χ2n) is 11.1. The average molecular weight is 532 g/mol. The molecule has 2 aromatic heterocycles. The van der Waals surface area contributed by atoms with Crippen LogP contribution in [0.4, 0.5) is 5.82 Å². The molecule has 2 amide bonds. The summed E-state index contributed by atoms with van der Waals surface area (Å²) in [4.78, 5) is 47.0. The Morgan fingerprint density at radius 1 is 0.923 bits per heavy atom. The summed E-state index contributed by atoms with van der Waals surface area (Å²) in [6.07, 6.45) is 6.16. The molecule has 0 aliphatic carbocycles. The summed E-state index contributed by atoms with van der Waals surface area (Å²) in [6.45, 7) is 7.72. The number of aromatic nitrogens is 3. The Kier molecular flexibility index (Phi) is 7.22. The quantitative estimate of drug-likeness (QED) is 0.485. The molecule has 1 atom stereocenters. The molecule has 6 rings (SSSR count). The lowest BCUT2D eigenvalue weighted by Crippen LogP contribution is -2.44. The van der Waals surface area contributed by atoms with E-state index < -0.39 is 11.9 Å². The maximum absolute atomic E-state index is 13.1. The predicted octanol–water partition coefficient (Wildman–Crippen LogP) is 1.89. The van der Waals surface area contributed by atoms with Crippen LogP contribution in [0, 0.1) is 5.92 Å². The molecule has 0 bridgehead atoms. The van der Waals surface area contributed by atoms with Crippen molar-refractivity contribution < 1.29 is 9.59 Å². The topological polar surface area (TPSA) is 104 Å². The third-order valence-electron chi connectivity index (χ3n) is 8.58. The monoisotopic (exact) mass is 531 g/mol. The van der Waals surface area contributed by atoms with E-state index in [1.165, 1.54) is 24.0 Å². The lowest BCUT2D eigenvalue weighted by atomic mass is 9.97. The van der Waals surface area contributed by atoms with Crippen molar-refractivity contribution >= 4 is 28.7 Å². The maximum atomic E-state index is 13.1. The van der Waals surface area contributed by atoms with Crippen molar-refractivity contribution in [1.82, 2.24) is 29.7 Å². The number of carbonyl (C=O) groups excluding carboxylic acids is 2. The average Bonchev–Trinajstić information content (AvgIpc) is 3.08. The van der Waals surface area contributed by atoms with Crippen LogP contribution in [-0.2, 0) is 16.6 Å². The summed E-state index contributed by atoms with van der Waals surface area (Å²) >= 11 is 0. The maximum Gasteiger partial charge on any atom is 0.329 e. The van der Waals surface area contributed by atoms with Crippen LogP contribution in [-0.4, -0.2) is 76.6 Å². The van der Waals surface area contributed by atoms with Crippen molar-refractivity contribution in [3.63, 3.8) is 0 Å². The highest BCUT2D eigenvalue weighted by molar-refractivity contribution is 6.00. The van der Waals surface area contributed by atoms with E-state index in [0.717, 1.165) is 74.1 Å². The summed E-state index contributed by atoms with van der Waals surface area (Å²) in [5.41, 5.74) is 3.10. The summed E-state index contributed by atoms with van der Waals surface area (Å²) in [7, 11) is 1.71. The van der Waals surface area contributed by atoms with Crippen molar-refractivity contribution in [2.45, 2.75) is 38.1 Å². The highest BCUT2D eigenvalue weighted by Gasteiger charge is 2.31. The molecule has 3 fully saturated rings. The van der Waals surface area contributed by atoms with Gasteiger partial charge < -0.3 is 15.1 Å². The second-order valence-corrected chi connectivity index (χ2v) is 11.1. The molecule has 0 saturated carbocycles. The first kappa shape index (κ1) is 25.8. The van der Waals surface area contributed by atoms with Crippen LogP contribution < -0.4 is 21.2 Å². The second kappa shape index (κ2) is 10.9. The van der Waals surface area contributed by atoms with Crippen LogP contribution in [0.25, 0.3) is 22.2 Å². The van der Waals surface area contributed by atoms with Gasteiger partial charge in [0, 0.05) is 51.4 Å². The van der Waals surface area contributed by atoms with E-state index in [1.54, 1.807) is 11.6 Å². The molecular weight excluding hydrogens is 494 g/mol. The fourth-order valence-electron chi connectivity index (χ4n) is 6.33. The van der Waals surface area contributed by atoms with Gasteiger partial charge in [0.1, 0.15) is 11.9 Å². The molecule has 3 aliphatic rings. The molecule has 5 heterocycles. The van der Waals surface area contributed by atoms with Gasteiger partial charge in [0.15, 0.2) is 0 Å². The van der Waals surface area contributed by atoms with Gasteiger partial charge in [-0.05, 0) is 81.1 Å². The third-order valence-corrected chi connectivity index (χ3v) is 8.58. The van der Waals surface area contributed by atoms with Gasteiger partial charge in [0.2, 0.25) is 11.8 Å². The largest absolute Gasteiger partial charge is 0.355 e. The molecule has 39 heavy (non-hydrogen) atoms. The van der Waals surface area contributed by atoms with Gasteiger partial charge in [-0.2, -0.15) is 0 Å². The summed E-state index contributed by atoms with van der Waals surface area (Å²) in [6, 6.07) is 9.32. The highest BCUT2D eigenvalue weighted by Crippen LogP contribution is 2.28. The van der Waals surface area contributed by atoms with Gasteiger partial charge in [-0.15, -0.1) is 0 Å². The van der Waals surface area contributed by atoms with Crippen molar-refractivity contribution in [2.24, 2.45) is 13.0 Å². The summed E-state index contributed by atoms with van der Waals surface area (Å²) < 4.78 is 3.08. The Hall–Kier alpha value is -3.50. The van der Waals surface area contributed by atoms with Crippen molar-refractivity contribution in [3.05, 3.63) is 47.0 Å². The minimum absolute atomic E-state index is 0.225. The van der Waals surface area contributed by atoms with Crippen molar-refractivity contribution in [2.75, 3.05) is 50.7 Å². The number of imide groups is 1. The van der Waals surface area contributed by atoms with E-state index in [-0.39, 0.29) is 18.0 Å². The highest BCUT2D eigenvalue weighted by atomic mass is 16.2. The van der Waals surface area contributed by atoms with Gasteiger partial charge in [0.25, 0.3) is 0 Å². The molecule has 3 aliphatic heterocycles. The molecule has 0 spiro atoms. The Balaban J connectivity index is 1.17. The van der Waals surface area contributed by atoms with Crippen LogP contribution in [0.15, 0.2) is 41.3 Å². The Morgan fingerprint density at radius 2 is 1.74 bits per heavy atom. The van der Waals surface area contributed by atoms with Gasteiger partial charge in [0.05, 0.1) is 11.0 Å². The van der Waals surface area contributed by atoms with Gasteiger partial charge in [-0.1, -0.05) is 6.07 Å². The molecule has 10 heteroatoms. The minimum Gasteiger partial charge on any atom is -0.355 e. The van der Waals surface area contributed by atoms with Crippen LogP contribution in [0.3, 0.4) is 0 Å². The van der Waals surface area contributed by atoms with E-state index in [1.807, 2.05) is 24.4 Å². The molecule has 10 nitrogen and oxygen atoms in total. The van der Waals surface area contributed by atoms with Gasteiger partial charge in [-0.25, -0.2) is 9.78 Å². The zero-order chi connectivity index (χ0) is 26.9. The lowest BCUT2D eigenvalue weighted by molar-refractivity contribution is -0.135. The number of nitrogens with zero attached hydrogens (tertiary/aromatic N) is 5. The SMILES string of the molecule is Cn1c(=O)n(C2CCC(=O)NC2=O)c2ccc(-c3ccc(N4CCCN(CC5CCNCC5)CC4)nc3)cc21. The number of piperidine rings is 2. The molecular formula is C29H37N7O3. The zero-order valence-electron chi connectivity index (χ0n) is 22.6. The molecule has 2 N–H and O–H groups in total. The normalized spacial score (nSPS) is 21.8. The van der Waals surface area contributed by atoms with Crippen molar-refractivity contribution in [1.29, 1.82) is 0 Å². The molecule has 3 aromatic rings. The molecule has 1 unspecified atom stereocenters. The number of pyridine rings is 1. The lowest BCUT2D eigenvalue weighted by Gasteiger charge is -2.29. The molecule has 3 saturated heterocycles. The Labute approximate surface area is 228 Å². The molecule has 206 valence electrons. The number of hydrogen-bond acceptors (Lipinski definition) is 7. The number of nitrogens with one attached hydrogen (secondary N) is 2. The number of amides is 2. The van der Waals surface area contributed by atoms with Gasteiger partial charge in [-0.3, -0.25) is 24.0 Å². The van der Waals surface area contributed by atoms with Crippen LogP contribution >= 0.6 is 0 Å². The number of rotatable bonds is 5. The number of hydrogen-bond donors (Lipinski definition) is 2. The Bertz CT molecular complexity index is 1420. The fourth-order valence-corrected chi connectivity index (χ4v) is 6.33. The first-order valence-electron chi connectivity index (χ1n) is 14.2. The van der Waals surface area contributed by atoms with Crippen LogP contribution in [0.1, 0.15) is 38.1 Å². The smallest absolute Gasteiger partial charge is 0.329 e. The standard InChI is InChI=1S/C29H37N7O3/c1-33-25-17-21(3-5-23(25)36(29(33)39)24-6-8-27(37)32-28(24)38)22-4-7-26(31-18-22)35-14-2-13-34(15-16-35)19-20-9-11-30-12-10-20/h3-5,7,17-18,20,24,30H,2,6,8-16,19H2,1H3,(H,32,37,38). The summed E-state index contributed by atoms with van der Waals surface area (Å²) in [5.74, 6) is 1.10. The first-order valence-corrected chi connectivity index (χ1v) is 14.2. The first-order chi connectivity index (χ1) is 19.0. The molecule has 0 radical (unpaired) electrons. The minimum atomic E-state index is -0.685. The van der Waals surface area contributed by atoms with Crippen LogP contribution in [0.2, 0.25) is 0 Å². The molecule has 1 aromatic carbocycles.